The Morgan fingerprint density at radius 1 is 1.03 bits per heavy atom. The molecule has 0 aliphatic heterocycles. The van der Waals surface area contributed by atoms with Crippen LogP contribution in [0.2, 0.25) is 0 Å². The SMILES string of the molecule is CCCCCCc1ccc(C(=O)N(CCCC)CC(=O)Nc2cc(C)on2)cc1. The molecule has 0 saturated carbocycles. The molecule has 0 radical (unpaired) electrons. The van der Waals surface area contributed by atoms with Crippen LogP contribution in [-0.4, -0.2) is 35.0 Å². The van der Waals surface area contributed by atoms with Gasteiger partial charge in [0, 0.05) is 18.2 Å². The van der Waals surface area contributed by atoms with E-state index in [1.807, 2.05) is 24.3 Å². The molecule has 0 aliphatic carbocycles. The number of nitrogens with one attached hydrogen (secondary N) is 1. The van der Waals surface area contributed by atoms with E-state index in [1.165, 1.54) is 31.2 Å². The van der Waals surface area contributed by atoms with Crippen molar-refractivity contribution in [2.45, 2.75) is 65.7 Å². The molecule has 2 rings (SSSR count). The van der Waals surface area contributed by atoms with E-state index in [1.54, 1.807) is 17.9 Å². The van der Waals surface area contributed by atoms with E-state index < -0.39 is 0 Å². The van der Waals surface area contributed by atoms with Gasteiger partial charge in [-0.05, 0) is 43.9 Å². The fourth-order valence-electron chi connectivity index (χ4n) is 3.13. The number of carbonyl (C=O) groups excluding carboxylic acids is 2. The molecular weight excluding hydrogens is 366 g/mol. The smallest absolute Gasteiger partial charge is 0.254 e. The minimum absolute atomic E-state index is 0.0104. The number of unbranched alkanes of at least 4 members (excludes halogenated alkanes) is 4. The lowest BCUT2D eigenvalue weighted by Crippen LogP contribution is -2.38. The summed E-state index contributed by atoms with van der Waals surface area (Å²) in [6, 6.07) is 9.44. The predicted molar refractivity (Wildman–Crippen MR) is 115 cm³/mol. The van der Waals surface area contributed by atoms with Crippen molar-refractivity contribution in [1.29, 1.82) is 0 Å². The van der Waals surface area contributed by atoms with Crippen LogP contribution in [-0.2, 0) is 11.2 Å². The van der Waals surface area contributed by atoms with Gasteiger partial charge >= 0.3 is 0 Å². The fraction of sp³-hybridized carbons (Fsp3) is 0.522. The van der Waals surface area contributed by atoms with Crippen LogP contribution in [0.1, 0.15) is 74.1 Å². The fourth-order valence-corrected chi connectivity index (χ4v) is 3.13. The van der Waals surface area contributed by atoms with Gasteiger partial charge < -0.3 is 14.7 Å². The van der Waals surface area contributed by atoms with E-state index in [2.05, 4.69) is 24.3 Å². The summed E-state index contributed by atoms with van der Waals surface area (Å²) in [5.74, 6) is 0.578. The first-order chi connectivity index (χ1) is 14.0. The highest BCUT2D eigenvalue weighted by Gasteiger charge is 2.19. The lowest BCUT2D eigenvalue weighted by molar-refractivity contribution is -0.117. The lowest BCUT2D eigenvalue weighted by atomic mass is 10.0. The zero-order chi connectivity index (χ0) is 21.1. The molecule has 0 atom stereocenters. The van der Waals surface area contributed by atoms with Crippen LogP contribution in [0.25, 0.3) is 0 Å². The van der Waals surface area contributed by atoms with Gasteiger partial charge in [0.05, 0.1) is 0 Å². The Bertz CT molecular complexity index is 768. The minimum Gasteiger partial charge on any atom is -0.360 e. The van der Waals surface area contributed by atoms with Crippen LogP contribution in [0, 0.1) is 6.92 Å². The summed E-state index contributed by atoms with van der Waals surface area (Å²) in [4.78, 5) is 26.9. The van der Waals surface area contributed by atoms with Crippen LogP contribution >= 0.6 is 0 Å². The Balaban J connectivity index is 1.96. The van der Waals surface area contributed by atoms with Crippen molar-refractivity contribution in [2.75, 3.05) is 18.4 Å². The molecule has 0 aliphatic rings. The van der Waals surface area contributed by atoms with E-state index >= 15 is 0 Å². The van der Waals surface area contributed by atoms with Gasteiger partial charge in [0.25, 0.3) is 5.91 Å². The molecule has 29 heavy (non-hydrogen) atoms. The van der Waals surface area contributed by atoms with E-state index in [-0.39, 0.29) is 18.4 Å². The summed E-state index contributed by atoms with van der Waals surface area (Å²) in [6.07, 6.45) is 7.73. The number of nitrogens with zero attached hydrogens (tertiary/aromatic N) is 2. The summed E-state index contributed by atoms with van der Waals surface area (Å²) in [5, 5.41) is 6.44. The van der Waals surface area contributed by atoms with Crippen molar-refractivity contribution in [3.63, 3.8) is 0 Å². The van der Waals surface area contributed by atoms with E-state index in [0.717, 1.165) is 19.3 Å². The van der Waals surface area contributed by atoms with Crippen molar-refractivity contribution < 1.29 is 14.1 Å². The normalized spacial score (nSPS) is 10.7. The Hall–Kier alpha value is -2.63. The second-order valence-corrected chi connectivity index (χ2v) is 7.46. The summed E-state index contributed by atoms with van der Waals surface area (Å²) in [5.41, 5.74) is 1.86. The highest BCUT2D eigenvalue weighted by molar-refractivity contribution is 5.99. The van der Waals surface area contributed by atoms with Crippen molar-refractivity contribution in [1.82, 2.24) is 10.1 Å². The summed E-state index contributed by atoms with van der Waals surface area (Å²) >= 11 is 0. The van der Waals surface area contributed by atoms with Gasteiger partial charge in [-0.3, -0.25) is 9.59 Å². The minimum atomic E-state index is -0.282. The van der Waals surface area contributed by atoms with Crippen molar-refractivity contribution in [3.05, 3.63) is 47.2 Å². The Labute approximate surface area is 173 Å². The van der Waals surface area contributed by atoms with E-state index in [9.17, 15) is 9.59 Å². The Morgan fingerprint density at radius 3 is 2.38 bits per heavy atom. The van der Waals surface area contributed by atoms with Crippen LogP contribution in [0.15, 0.2) is 34.9 Å². The number of hydrogen-bond acceptors (Lipinski definition) is 4. The number of anilines is 1. The molecule has 2 aromatic rings. The first kappa shape index (κ1) is 22.7. The van der Waals surface area contributed by atoms with Crippen molar-refractivity contribution in [3.8, 4) is 0 Å². The number of hydrogen-bond donors (Lipinski definition) is 1. The first-order valence-corrected chi connectivity index (χ1v) is 10.6. The summed E-state index contributed by atoms with van der Waals surface area (Å²) in [7, 11) is 0. The molecule has 0 bridgehead atoms. The Morgan fingerprint density at radius 2 is 1.76 bits per heavy atom. The molecule has 2 amide bonds. The van der Waals surface area contributed by atoms with Crippen LogP contribution in [0.5, 0.6) is 0 Å². The molecule has 0 saturated heterocycles. The van der Waals surface area contributed by atoms with Crippen molar-refractivity contribution >= 4 is 17.6 Å². The first-order valence-electron chi connectivity index (χ1n) is 10.6. The maximum absolute atomic E-state index is 13.0. The monoisotopic (exact) mass is 399 g/mol. The zero-order valence-corrected chi connectivity index (χ0v) is 17.9. The van der Waals surface area contributed by atoms with Crippen LogP contribution in [0.4, 0.5) is 5.82 Å². The molecule has 0 fully saturated rings. The molecule has 1 heterocycles. The Kier molecular flexibility index (Phi) is 9.41. The molecule has 6 heteroatoms. The maximum Gasteiger partial charge on any atom is 0.254 e. The number of rotatable bonds is 12. The number of benzene rings is 1. The van der Waals surface area contributed by atoms with Gasteiger partial charge in [0.15, 0.2) is 5.82 Å². The van der Waals surface area contributed by atoms with E-state index in [4.69, 9.17) is 4.52 Å². The second kappa shape index (κ2) is 12.0. The topological polar surface area (TPSA) is 75.4 Å². The van der Waals surface area contributed by atoms with Crippen LogP contribution in [0.3, 0.4) is 0 Å². The zero-order valence-electron chi connectivity index (χ0n) is 17.9. The van der Waals surface area contributed by atoms with Crippen molar-refractivity contribution in [2.24, 2.45) is 0 Å². The van der Waals surface area contributed by atoms with Crippen LogP contribution < -0.4 is 5.32 Å². The lowest BCUT2D eigenvalue weighted by Gasteiger charge is -2.22. The standard InChI is InChI=1S/C23H33N3O3/c1-4-6-8-9-10-19-11-13-20(14-12-19)23(28)26(15-7-5-2)17-22(27)24-21-16-18(3)29-25-21/h11-14,16H,4-10,15,17H2,1-3H3,(H,24,25,27). The molecule has 1 aromatic heterocycles. The van der Waals surface area contributed by atoms with Gasteiger partial charge in [-0.1, -0.05) is 56.8 Å². The summed E-state index contributed by atoms with van der Waals surface area (Å²) in [6.45, 7) is 6.56. The number of aryl methyl sites for hydroxylation is 2. The molecule has 6 nitrogen and oxygen atoms in total. The molecule has 158 valence electrons. The van der Waals surface area contributed by atoms with E-state index in [0.29, 0.717) is 23.7 Å². The second-order valence-electron chi connectivity index (χ2n) is 7.46. The molecule has 0 spiro atoms. The average molecular weight is 400 g/mol. The quantitative estimate of drug-likeness (QED) is 0.510. The highest BCUT2D eigenvalue weighted by Crippen LogP contribution is 2.13. The molecule has 1 aromatic carbocycles. The van der Waals surface area contributed by atoms with Gasteiger partial charge in [-0.25, -0.2) is 0 Å². The highest BCUT2D eigenvalue weighted by atomic mass is 16.5. The molecule has 0 unspecified atom stereocenters. The number of aromatic nitrogens is 1. The average Bonchev–Trinajstić information content (AvgIpc) is 3.12. The number of carbonyl (C=O) groups is 2. The predicted octanol–water partition coefficient (Wildman–Crippen LogP) is 4.99. The van der Waals surface area contributed by atoms with Gasteiger partial charge in [0.1, 0.15) is 12.3 Å². The van der Waals surface area contributed by atoms with Gasteiger partial charge in [0.2, 0.25) is 5.91 Å². The van der Waals surface area contributed by atoms with Gasteiger partial charge in [-0.15, -0.1) is 0 Å². The number of amides is 2. The van der Waals surface area contributed by atoms with Gasteiger partial charge in [-0.2, -0.15) is 0 Å². The third-order valence-corrected chi connectivity index (χ3v) is 4.82. The molecular formula is C23H33N3O3. The molecule has 1 N–H and O–H groups in total. The maximum atomic E-state index is 13.0. The largest absolute Gasteiger partial charge is 0.360 e. The third kappa shape index (κ3) is 7.72. The summed E-state index contributed by atoms with van der Waals surface area (Å²) < 4.78 is 4.96. The third-order valence-electron chi connectivity index (χ3n) is 4.82.